The molecule has 0 aliphatic carbocycles. The molecule has 0 radical (unpaired) electrons. The molecule has 0 bridgehead atoms. The smallest absolute Gasteiger partial charge is 0.322 e. The van der Waals surface area contributed by atoms with Gasteiger partial charge in [0.1, 0.15) is 12.6 Å². The van der Waals surface area contributed by atoms with Crippen LogP contribution < -0.4 is 22.1 Å². The predicted octanol–water partition coefficient (Wildman–Crippen LogP) is -2.08. The molecule has 9 nitrogen and oxygen atoms in total. The van der Waals surface area contributed by atoms with E-state index in [1.807, 2.05) is 6.92 Å². The second-order valence-corrected chi connectivity index (χ2v) is 4.75. The van der Waals surface area contributed by atoms with Gasteiger partial charge in [-0.05, 0) is 5.92 Å². The number of hydrogen-bond donors (Lipinski definition) is 5. The average Bonchev–Trinajstić information content (AvgIpc) is 2.41. The van der Waals surface area contributed by atoms with Crippen LogP contribution in [-0.2, 0) is 19.2 Å². The van der Waals surface area contributed by atoms with Gasteiger partial charge in [-0.15, -0.1) is 0 Å². The minimum absolute atomic E-state index is 0.110. The standard InChI is InChI=1S/C12H22N4O5/c1-3-6(2)10(14)12(21)16-7(4-8(13)17)11(20)15-5-9(18)19/h6-7,10H,3-5,14H2,1-2H3,(H2,13,17)(H,15,20)(H,16,21)(H,18,19)/t6-,7-,10-/m0/s1. The molecule has 3 amide bonds. The van der Waals surface area contributed by atoms with Crippen LogP contribution in [0.25, 0.3) is 0 Å². The van der Waals surface area contributed by atoms with E-state index < -0.39 is 48.7 Å². The fraction of sp³-hybridized carbons (Fsp3) is 0.667. The van der Waals surface area contributed by atoms with Gasteiger partial charge >= 0.3 is 5.97 Å². The van der Waals surface area contributed by atoms with Crippen LogP contribution in [0.1, 0.15) is 26.7 Å². The molecule has 0 saturated carbocycles. The van der Waals surface area contributed by atoms with Crippen molar-refractivity contribution in [1.29, 1.82) is 0 Å². The van der Waals surface area contributed by atoms with Gasteiger partial charge in [0.2, 0.25) is 17.7 Å². The van der Waals surface area contributed by atoms with Crippen LogP contribution in [0.15, 0.2) is 0 Å². The third kappa shape index (κ3) is 7.25. The molecule has 120 valence electrons. The summed E-state index contributed by atoms with van der Waals surface area (Å²) in [5.74, 6) is -3.56. The van der Waals surface area contributed by atoms with Crippen molar-refractivity contribution in [3.8, 4) is 0 Å². The molecule has 0 aromatic heterocycles. The van der Waals surface area contributed by atoms with Crippen LogP contribution in [0.4, 0.5) is 0 Å². The van der Waals surface area contributed by atoms with Crippen LogP contribution in [0, 0.1) is 5.92 Å². The van der Waals surface area contributed by atoms with Crippen molar-refractivity contribution in [1.82, 2.24) is 10.6 Å². The Labute approximate surface area is 122 Å². The van der Waals surface area contributed by atoms with E-state index in [2.05, 4.69) is 10.6 Å². The second kappa shape index (κ2) is 8.90. The largest absolute Gasteiger partial charge is 0.480 e. The Hall–Kier alpha value is -2.16. The summed E-state index contributed by atoms with van der Waals surface area (Å²) in [6, 6.07) is -2.08. The number of rotatable bonds is 9. The van der Waals surface area contributed by atoms with Crippen molar-refractivity contribution >= 4 is 23.7 Å². The first-order chi connectivity index (χ1) is 9.68. The number of carbonyl (C=O) groups is 4. The fourth-order valence-electron chi connectivity index (χ4n) is 1.48. The zero-order valence-electron chi connectivity index (χ0n) is 12.1. The molecule has 0 saturated heterocycles. The molecular weight excluding hydrogens is 280 g/mol. The first-order valence-corrected chi connectivity index (χ1v) is 6.52. The predicted molar refractivity (Wildman–Crippen MR) is 73.8 cm³/mol. The Morgan fingerprint density at radius 2 is 1.76 bits per heavy atom. The number of hydrogen-bond acceptors (Lipinski definition) is 5. The van der Waals surface area contributed by atoms with E-state index in [4.69, 9.17) is 16.6 Å². The highest BCUT2D eigenvalue weighted by Crippen LogP contribution is 2.06. The Kier molecular flexibility index (Phi) is 7.99. The van der Waals surface area contributed by atoms with Gasteiger partial charge in [-0.25, -0.2) is 0 Å². The molecule has 9 heteroatoms. The molecule has 0 aromatic carbocycles. The zero-order chi connectivity index (χ0) is 16.6. The lowest BCUT2D eigenvalue weighted by atomic mass is 9.99. The maximum Gasteiger partial charge on any atom is 0.322 e. The molecule has 0 heterocycles. The molecule has 0 fully saturated rings. The van der Waals surface area contributed by atoms with Crippen LogP contribution in [0.5, 0.6) is 0 Å². The van der Waals surface area contributed by atoms with Gasteiger partial charge in [0.15, 0.2) is 0 Å². The van der Waals surface area contributed by atoms with Crippen molar-refractivity contribution in [2.75, 3.05) is 6.54 Å². The summed E-state index contributed by atoms with van der Waals surface area (Å²) in [5.41, 5.74) is 10.7. The summed E-state index contributed by atoms with van der Waals surface area (Å²) >= 11 is 0. The zero-order valence-corrected chi connectivity index (χ0v) is 12.1. The van der Waals surface area contributed by atoms with E-state index in [1.54, 1.807) is 6.92 Å². The maximum absolute atomic E-state index is 11.9. The summed E-state index contributed by atoms with van der Waals surface area (Å²) in [6.45, 7) is 3.01. The lowest BCUT2D eigenvalue weighted by Gasteiger charge is -2.22. The Bertz CT molecular complexity index is 412. The van der Waals surface area contributed by atoms with Crippen LogP contribution in [0.3, 0.4) is 0 Å². The van der Waals surface area contributed by atoms with Crippen molar-refractivity contribution in [2.45, 2.75) is 38.8 Å². The highest BCUT2D eigenvalue weighted by atomic mass is 16.4. The number of nitrogens with one attached hydrogen (secondary N) is 2. The Morgan fingerprint density at radius 3 is 2.19 bits per heavy atom. The minimum Gasteiger partial charge on any atom is -0.480 e. The van der Waals surface area contributed by atoms with Gasteiger partial charge in [0.25, 0.3) is 0 Å². The molecule has 0 aliphatic heterocycles. The molecule has 3 atom stereocenters. The van der Waals surface area contributed by atoms with E-state index in [-0.39, 0.29) is 5.92 Å². The molecule has 0 rings (SSSR count). The maximum atomic E-state index is 11.9. The first kappa shape index (κ1) is 18.8. The highest BCUT2D eigenvalue weighted by Gasteiger charge is 2.27. The molecule has 21 heavy (non-hydrogen) atoms. The summed E-state index contributed by atoms with van der Waals surface area (Å²) in [6.07, 6.45) is 0.227. The Balaban J connectivity index is 4.75. The number of nitrogens with two attached hydrogens (primary N) is 2. The van der Waals surface area contributed by atoms with Crippen LogP contribution >= 0.6 is 0 Å². The fourth-order valence-corrected chi connectivity index (χ4v) is 1.48. The van der Waals surface area contributed by atoms with Gasteiger partial charge in [-0.3, -0.25) is 19.2 Å². The summed E-state index contributed by atoms with van der Waals surface area (Å²) in [7, 11) is 0. The summed E-state index contributed by atoms with van der Waals surface area (Å²) in [5, 5.41) is 12.9. The lowest BCUT2D eigenvalue weighted by molar-refractivity contribution is -0.138. The molecule has 0 aromatic rings. The monoisotopic (exact) mass is 302 g/mol. The van der Waals surface area contributed by atoms with Crippen LogP contribution in [-0.4, -0.2) is 47.4 Å². The minimum atomic E-state index is -1.25. The first-order valence-electron chi connectivity index (χ1n) is 6.52. The van der Waals surface area contributed by atoms with E-state index in [1.165, 1.54) is 0 Å². The van der Waals surface area contributed by atoms with Gasteiger partial charge in [-0.1, -0.05) is 20.3 Å². The van der Waals surface area contributed by atoms with Crippen LogP contribution in [0.2, 0.25) is 0 Å². The molecule has 0 spiro atoms. The van der Waals surface area contributed by atoms with Gasteiger partial charge in [0.05, 0.1) is 12.5 Å². The number of amides is 3. The second-order valence-electron chi connectivity index (χ2n) is 4.75. The highest BCUT2D eigenvalue weighted by molar-refractivity contribution is 5.94. The number of carbonyl (C=O) groups excluding carboxylic acids is 3. The topological polar surface area (TPSA) is 165 Å². The van der Waals surface area contributed by atoms with Gasteiger partial charge in [0, 0.05) is 0 Å². The summed E-state index contributed by atoms with van der Waals surface area (Å²) in [4.78, 5) is 45.0. The molecule has 0 aliphatic rings. The Morgan fingerprint density at radius 1 is 1.19 bits per heavy atom. The normalized spacial score (nSPS) is 14.6. The third-order valence-electron chi connectivity index (χ3n) is 3.01. The van der Waals surface area contributed by atoms with E-state index in [0.29, 0.717) is 6.42 Å². The van der Waals surface area contributed by atoms with Gasteiger partial charge in [-0.2, -0.15) is 0 Å². The number of primary amides is 1. The summed E-state index contributed by atoms with van der Waals surface area (Å²) < 4.78 is 0. The van der Waals surface area contributed by atoms with Crippen molar-refractivity contribution in [2.24, 2.45) is 17.4 Å². The lowest BCUT2D eigenvalue weighted by Crippen LogP contribution is -2.54. The van der Waals surface area contributed by atoms with Crippen molar-refractivity contribution in [3.05, 3.63) is 0 Å². The quantitative estimate of drug-likeness (QED) is 0.328. The van der Waals surface area contributed by atoms with E-state index in [9.17, 15) is 19.2 Å². The third-order valence-corrected chi connectivity index (χ3v) is 3.01. The SMILES string of the molecule is CC[C@H](C)[C@H](N)C(=O)N[C@@H](CC(N)=O)C(=O)NCC(=O)O. The average molecular weight is 302 g/mol. The number of carboxylic acids is 1. The molecule has 7 N–H and O–H groups in total. The van der Waals surface area contributed by atoms with Crippen molar-refractivity contribution < 1.29 is 24.3 Å². The van der Waals surface area contributed by atoms with E-state index in [0.717, 1.165) is 0 Å². The number of carboxylic acid groups (broad SMARTS) is 1. The van der Waals surface area contributed by atoms with Crippen molar-refractivity contribution in [3.63, 3.8) is 0 Å². The molecule has 0 unspecified atom stereocenters. The number of aliphatic carboxylic acids is 1. The van der Waals surface area contributed by atoms with E-state index >= 15 is 0 Å². The molecular formula is C12H22N4O5. The van der Waals surface area contributed by atoms with Gasteiger partial charge < -0.3 is 27.2 Å².